The van der Waals surface area contributed by atoms with Crippen LogP contribution in [-0.4, -0.2) is 30.5 Å². The standard InChI is InChI=1S/C17H16N2O6/c1-11-8-12(6-7-15(11)19(22)23)17(21)25-10-16(20)18-13-4-3-5-14(9-13)24-2/h3-9H,10H2,1-2H3,(H,18,20). The summed E-state index contributed by atoms with van der Waals surface area (Å²) in [5.41, 5.74) is 0.886. The molecule has 8 nitrogen and oxygen atoms in total. The van der Waals surface area contributed by atoms with E-state index in [1.54, 1.807) is 24.3 Å². The summed E-state index contributed by atoms with van der Waals surface area (Å²) in [5, 5.41) is 13.3. The summed E-state index contributed by atoms with van der Waals surface area (Å²) in [5.74, 6) is -0.671. The van der Waals surface area contributed by atoms with E-state index in [-0.39, 0.29) is 11.3 Å². The van der Waals surface area contributed by atoms with E-state index in [1.165, 1.54) is 32.2 Å². The molecule has 0 saturated heterocycles. The van der Waals surface area contributed by atoms with Crippen molar-refractivity contribution in [2.75, 3.05) is 19.0 Å². The molecule has 0 aromatic heterocycles. The Balaban J connectivity index is 1.94. The van der Waals surface area contributed by atoms with E-state index in [9.17, 15) is 19.7 Å². The summed E-state index contributed by atoms with van der Waals surface area (Å²) in [6.07, 6.45) is 0. The number of amides is 1. The fourth-order valence-electron chi connectivity index (χ4n) is 2.10. The van der Waals surface area contributed by atoms with Crippen molar-refractivity contribution >= 4 is 23.3 Å². The lowest BCUT2D eigenvalue weighted by Gasteiger charge is -2.08. The van der Waals surface area contributed by atoms with Crippen LogP contribution in [0, 0.1) is 17.0 Å². The molecule has 2 rings (SSSR count). The summed E-state index contributed by atoms with van der Waals surface area (Å²) < 4.78 is 9.97. The number of rotatable bonds is 6. The van der Waals surface area contributed by atoms with E-state index in [2.05, 4.69) is 5.32 Å². The lowest BCUT2D eigenvalue weighted by molar-refractivity contribution is -0.385. The number of nitro groups is 1. The lowest BCUT2D eigenvalue weighted by atomic mass is 10.1. The number of aryl methyl sites for hydroxylation is 1. The van der Waals surface area contributed by atoms with Crippen LogP contribution in [-0.2, 0) is 9.53 Å². The smallest absolute Gasteiger partial charge is 0.338 e. The Kier molecular flexibility index (Phi) is 5.67. The van der Waals surface area contributed by atoms with Gasteiger partial charge in [-0.2, -0.15) is 0 Å². The maximum atomic E-state index is 11.9. The number of hydrogen-bond donors (Lipinski definition) is 1. The van der Waals surface area contributed by atoms with Crippen molar-refractivity contribution < 1.29 is 24.0 Å². The molecule has 0 saturated carbocycles. The number of ether oxygens (including phenoxy) is 2. The van der Waals surface area contributed by atoms with Gasteiger partial charge in [-0.1, -0.05) is 6.07 Å². The zero-order chi connectivity index (χ0) is 18.4. The Morgan fingerprint density at radius 1 is 1.20 bits per heavy atom. The molecular weight excluding hydrogens is 328 g/mol. The average molecular weight is 344 g/mol. The molecule has 1 N–H and O–H groups in total. The minimum Gasteiger partial charge on any atom is -0.497 e. The summed E-state index contributed by atoms with van der Waals surface area (Å²) in [6, 6.07) is 10.6. The maximum Gasteiger partial charge on any atom is 0.338 e. The lowest BCUT2D eigenvalue weighted by Crippen LogP contribution is -2.21. The number of anilines is 1. The van der Waals surface area contributed by atoms with Gasteiger partial charge in [0, 0.05) is 23.4 Å². The maximum absolute atomic E-state index is 11.9. The number of hydrogen-bond acceptors (Lipinski definition) is 6. The highest BCUT2D eigenvalue weighted by Crippen LogP contribution is 2.19. The molecule has 0 atom stereocenters. The Morgan fingerprint density at radius 3 is 2.60 bits per heavy atom. The SMILES string of the molecule is COc1cccc(NC(=O)COC(=O)c2ccc([N+](=O)[O-])c(C)c2)c1. The molecule has 0 aliphatic carbocycles. The Labute approximate surface area is 143 Å². The minimum absolute atomic E-state index is 0.0904. The first-order valence-electron chi connectivity index (χ1n) is 7.27. The Morgan fingerprint density at radius 2 is 1.96 bits per heavy atom. The van der Waals surface area contributed by atoms with Crippen molar-refractivity contribution in [1.29, 1.82) is 0 Å². The van der Waals surface area contributed by atoms with Crippen LogP contribution < -0.4 is 10.1 Å². The van der Waals surface area contributed by atoms with Crippen LogP contribution in [0.5, 0.6) is 5.75 Å². The van der Waals surface area contributed by atoms with Crippen molar-refractivity contribution in [3.05, 3.63) is 63.7 Å². The summed E-state index contributed by atoms with van der Waals surface area (Å²) in [7, 11) is 1.51. The molecule has 2 aromatic rings. The van der Waals surface area contributed by atoms with Crippen molar-refractivity contribution in [3.8, 4) is 5.75 Å². The number of esters is 1. The van der Waals surface area contributed by atoms with Gasteiger partial charge < -0.3 is 14.8 Å². The fourth-order valence-corrected chi connectivity index (χ4v) is 2.10. The highest BCUT2D eigenvalue weighted by molar-refractivity contribution is 5.95. The molecule has 0 aliphatic rings. The van der Waals surface area contributed by atoms with Crippen LogP contribution in [0.3, 0.4) is 0 Å². The van der Waals surface area contributed by atoms with E-state index in [1.807, 2.05) is 0 Å². The zero-order valence-electron chi connectivity index (χ0n) is 13.6. The van der Waals surface area contributed by atoms with Crippen LogP contribution in [0.1, 0.15) is 15.9 Å². The quantitative estimate of drug-likeness (QED) is 0.490. The van der Waals surface area contributed by atoms with Crippen LogP contribution in [0.2, 0.25) is 0 Å². The molecule has 0 fully saturated rings. The summed E-state index contributed by atoms with van der Waals surface area (Å²) in [4.78, 5) is 34.0. The molecule has 0 bridgehead atoms. The highest BCUT2D eigenvalue weighted by atomic mass is 16.6. The van der Waals surface area contributed by atoms with Gasteiger partial charge in [0.1, 0.15) is 5.75 Å². The molecule has 0 unspecified atom stereocenters. The molecule has 0 aliphatic heterocycles. The largest absolute Gasteiger partial charge is 0.497 e. The third-order valence-corrected chi connectivity index (χ3v) is 3.32. The predicted molar refractivity (Wildman–Crippen MR) is 89.7 cm³/mol. The van der Waals surface area contributed by atoms with Gasteiger partial charge in [-0.3, -0.25) is 14.9 Å². The van der Waals surface area contributed by atoms with Gasteiger partial charge >= 0.3 is 5.97 Å². The van der Waals surface area contributed by atoms with Crippen molar-refractivity contribution in [3.63, 3.8) is 0 Å². The fraction of sp³-hybridized carbons (Fsp3) is 0.176. The molecular formula is C17H16N2O6. The molecule has 0 heterocycles. The minimum atomic E-state index is -0.737. The van der Waals surface area contributed by atoms with Gasteiger partial charge in [-0.15, -0.1) is 0 Å². The van der Waals surface area contributed by atoms with Crippen LogP contribution in [0.4, 0.5) is 11.4 Å². The third-order valence-electron chi connectivity index (χ3n) is 3.32. The van der Waals surface area contributed by atoms with Crippen LogP contribution >= 0.6 is 0 Å². The number of nitro benzene ring substituents is 1. The van der Waals surface area contributed by atoms with Crippen LogP contribution in [0.15, 0.2) is 42.5 Å². The highest BCUT2D eigenvalue weighted by Gasteiger charge is 2.15. The number of benzene rings is 2. The topological polar surface area (TPSA) is 108 Å². The number of methoxy groups -OCH3 is 1. The first-order chi connectivity index (χ1) is 11.9. The average Bonchev–Trinajstić information content (AvgIpc) is 2.59. The number of nitrogens with zero attached hydrogens (tertiary/aromatic N) is 1. The molecule has 0 radical (unpaired) electrons. The van der Waals surface area contributed by atoms with Crippen molar-refractivity contribution in [2.24, 2.45) is 0 Å². The second-order valence-corrected chi connectivity index (χ2v) is 5.11. The Hall–Kier alpha value is -3.42. The van der Waals surface area contributed by atoms with E-state index in [0.717, 1.165) is 0 Å². The molecule has 0 spiro atoms. The second-order valence-electron chi connectivity index (χ2n) is 5.11. The van der Waals surface area contributed by atoms with Gasteiger partial charge in [-0.25, -0.2) is 4.79 Å². The molecule has 25 heavy (non-hydrogen) atoms. The Bertz CT molecular complexity index is 819. The van der Waals surface area contributed by atoms with E-state index in [4.69, 9.17) is 9.47 Å². The van der Waals surface area contributed by atoms with E-state index in [0.29, 0.717) is 17.0 Å². The molecule has 8 heteroatoms. The number of carbonyl (C=O) groups is 2. The van der Waals surface area contributed by atoms with Gasteiger partial charge in [0.25, 0.3) is 11.6 Å². The first kappa shape index (κ1) is 17.9. The third kappa shape index (κ3) is 4.77. The van der Waals surface area contributed by atoms with Crippen LogP contribution in [0.25, 0.3) is 0 Å². The zero-order valence-corrected chi connectivity index (χ0v) is 13.6. The molecule has 1 amide bonds. The van der Waals surface area contributed by atoms with Gasteiger partial charge in [0.2, 0.25) is 0 Å². The van der Waals surface area contributed by atoms with E-state index < -0.39 is 23.4 Å². The summed E-state index contributed by atoms with van der Waals surface area (Å²) in [6.45, 7) is 1.04. The molecule has 130 valence electrons. The normalized spacial score (nSPS) is 10.0. The van der Waals surface area contributed by atoms with E-state index >= 15 is 0 Å². The van der Waals surface area contributed by atoms with Gasteiger partial charge in [0.15, 0.2) is 6.61 Å². The first-order valence-corrected chi connectivity index (χ1v) is 7.27. The van der Waals surface area contributed by atoms with Gasteiger partial charge in [0.05, 0.1) is 17.6 Å². The van der Waals surface area contributed by atoms with Crippen molar-refractivity contribution in [2.45, 2.75) is 6.92 Å². The number of nitrogens with one attached hydrogen (secondary N) is 1. The van der Waals surface area contributed by atoms with Crippen molar-refractivity contribution in [1.82, 2.24) is 0 Å². The van der Waals surface area contributed by atoms with Gasteiger partial charge in [-0.05, 0) is 31.2 Å². The molecule has 2 aromatic carbocycles. The number of carbonyl (C=O) groups excluding carboxylic acids is 2. The summed E-state index contributed by atoms with van der Waals surface area (Å²) >= 11 is 0. The monoisotopic (exact) mass is 344 g/mol. The second kappa shape index (κ2) is 7.91. The predicted octanol–water partition coefficient (Wildman–Crippen LogP) is 2.71.